The quantitative estimate of drug-likeness (QED) is 0.804. The summed E-state index contributed by atoms with van der Waals surface area (Å²) < 4.78 is 0.613. The molecule has 0 radical (unpaired) electrons. The van der Waals surface area contributed by atoms with Crippen LogP contribution in [0.1, 0.15) is 0 Å². The van der Waals surface area contributed by atoms with Gasteiger partial charge in [0.2, 0.25) is 0 Å². The summed E-state index contributed by atoms with van der Waals surface area (Å²) in [5.41, 5.74) is 0.508. The van der Waals surface area contributed by atoms with Crippen LogP contribution in [0.4, 0.5) is 10.5 Å². The molecule has 102 valence electrons. The Morgan fingerprint density at radius 3 is 2.74 bits per heavy atom. The lowest BCUT2D eigenvalue weighted by atomic mass is 10.3. The van der Waals surface area contributed by atoms with Crippen LogP contribution < -0.4 is 5.32 Å². The van der Waals surface area contributed by atoms with Crippen molar-refractivity contribution in [1.82, 2.24) is 4.90 Å². The maximum Gasteiger partial charge on any atom is 0.323 e. The van der Waals surface area contributed by atoms with Gasteiger partial charge in [0, 0.05) is 16.0 Å². The Hall–Kier alpha value is -1.53. The Labute approximate surface area is 124 Å². The van der Waals surface area contributed by atoms with Crippen LogP contribution in [0.3, 0.4) is 0 Å². The SMILES string of the molecule is C=CCN(CC(=O)O)C(=O)Nc1ccc(Cl)cc1Br. The van der Waals surface area contributed by atoms with E-state index in [2.05, 4.69) is 27.8 Å². The van der Waals surface area contributed by atoms with Gasteiger partial charge >= 0.3 is 12.0 Å². The van der Waals surface area contributed by atoms with Crippen molar-refractivity contribution in [3.63, 3.8) is 0 Å². The number of carbonyl (C=O) groups excluding carboxylic acids is 1. The van der Waals surface area contributed by atoms with Gasteiger partial charge in [-0.3, -0.25) is 4.79 Å². The zero-order valence-corrected chi connectivity index (χ0v) is 12.2. The van der Waals surface area contributed by atoms with E-state index in [-0.39, 0.29) is 6.54 Å². The fourth-order valence-corrected chi connectivity index (χ4v) is 2.11. The fourth-order valence-electron chi connectivity index (χ4n) is 1.32. The number of carboxylic acid groups (broad SMARTS) is 1. The van der Waals surface area contributed by atoms with Crippen LogP contribution in [0.15, 0.2) is 35.3 Å². The highest BCUT2D eigenvalue weighted by Crippen LogP contribution is 2.26. The molecule has 0 aliphatic carbocycles. The summed E-state index contributed by atoms with van der Waals surface area (Å²) in [5.74, 6) is -1.09. The minimum absolute atomic E-state index is 0.142. The molecule has 5 nitrogen and oxygen atoms in total. The van der Waals surface area contributed by atoms with Crippen LogP contribution in [-0.4, -0.2) is 35.1 Å². The molecule has 0 spiro atoms. The zero-order chi connectivity index (χ0) is 14.4. The normalized spacial score (nSPS) is 9.79. The fraction of sp³-hybridized carbons (Fsp3) is 0.167. The van der Waals surface area contributed by atoms with Gasteiger partial charge in [0.05, 0.1) is 5.69 Å². The first-order valence-corrected chi connectivity index (χ1v) is 6.44. The second-order valence-electron chi connectivity index (χ2n) is 3.62. The third kappa shape index (κ3) is 4.92. The predicted octanol–water partition coefficient (Wildman–Crippen LogP) is 3.21. The van der Waals surface area contributed by atoms with Gasteiger partial charge in [-0.05, 0) is 34.1 Å². The molecular weight excluding hydrogens is 336 g/mol. The molecule has 0 aliphatic rings. The highest BCUT2D eigenvalue weighted by Gasteiger charge is 2.16. The molecule has 2 N–H and O–H groups in total. The lowest BCUT2D eigenvalue weighted by molar-refractivity contribution is -0.137. The molecule has 0 unspecified atom stereocenters. The summed E-state index contributed by atoms with van der Waals surface area (Å²) in [6, 6.07) is 4.35. The Bertz CT molecular complexity index is 508. The number of halogens is 2. The van der Waals surface area contributed by atoms with E-state index in [1.54, 1.807) is 18.2 Å². The maximum absolute atomic E-state index is 11.9. The van der Waals surface area contributed by atoms with Gasteiger partial charge in [-0.1, -0.05) is 17.7 Å². The lowest BCUT2D eigenvalue weighted by Crippen LogP contribution is -2.38. The van der Waals surface area contributed by atoms with E-state index in [9.17, 15) is 9.59 Å². The average Bonchev–Trinajstić information content (AvgIpc) is 2.31. The van der Waals surface area contributed by atoms with E-state index >= 15 is 0 Å². The third-order valence-electron chi connectivity index (χ3n) is 2.14. The van der Waals surface area contributed by atoms with Crippen molar-refractivity contribution in [2.45, 2.75) is 0 Å². The number of nitrogens with one attached hydrogen (secondary N) is 1. The van der Waals surface area contributed by atoms with E-state index < -0.39 is 18.5 Å². The first-order valence-electron chi connectivity index (χ1n) is 5.27. The molecular formula is C12H12BrClN2O3. The first-order chi connectivity index (χ1) is 8.93. The van der Waals surface area contributed by atoms with Crippen molar-refractivity contribution in [1.29, 1.82) is 0 Å². The topological polar surface area (TPSA) is 69.6 Å². The average molecular weight is 348 g/mol. The Morgan fingerprint density at radius 1 is 1.53 bits per heavy atom. The number of rotatable bonds is 5. The number of hydrogen-bond donors (Lipinski definition) is 2. The molecule has 0 heterocycles. The number of anilines is 1. The molecule has 0 fully saturated rings. The molecule has 7 heteroatoms. The predicted molar refractivity (Wildman–Crippen MR) is 77.6 cm³/mol. The van der Waals surface area contributed by atoms with Gasteiger partial charge < -0.3 is 15.3 Å². The zero-order valence-electron chi connectivity index (χ0n) is 9.90. The molecule has 19 heavy (non-hydrogen) atoms. The maximum atomic E-state index is 11.9. The van der Waals surface area contributed by atoms with Crippen molar-refractivity contribution in [3.05, 3.63) is 40.3 Å². The molecule has 0 bridgehead atoms. The number of hydrogen-bond acceptors (Lipinski definition) is 2. The molecule has 2 amide bonds. The van der Waals surface area contributed by atoms with Crippen LogP contribution in [0.25, 0.3) is 0 Å². The summed E-state index contributed by atoms with van der Waals surface area (Å²) in [6.07, 6.45) is 1.46. The van der Waals surface area contributed by atoms with Crippen LogP contribution in [-0.2, 0) is 4.79 Å². The van der Waals surface area contributed by atoms with Crippen molar-refractivity contribution < 1.29 is 14.7 Å². The van der Waals surface area contributed by atoms with Crippen molar-refractivity contribution in [2.75, 3.05) is 18.4 Å². The van der Waals surface area contributed by atoms with Crippen molar-refractivity contribution >= 4 is 45.2 Å². The monoisotopic (exact) mass is 346 g/mol. The summed E-state index contributed by atoms with van der Waals surface area (Å²) in [7, 11) is 0. The minimum atomic E-state index is -1.09. The molecule has 0 saturated heterocycles. The van der Waals surface area contributed by atoms with Crippen LogP contribution in [0.2, 0.25) is 5.02 Å². The molecule has 0 aliphatic heterocycles. The molecule has 0 aromatic heterocycles. The molecule has 1 aromatic rings. The highest BCUT2D eigenvalue weighted by molar-refractivity contribution is 9.10. The number of urea groups is 1. The van der Waals surface area contributed by atoms with E-state index in [4.69, 9.17) is 16.7 Å². The smallest absolute Gasteiger partial charge is 0.323 e. The summed E-state index contributed by atoms with van der Waals surface area (Å²) in [4.78, 5) is 23.7. The Balaban J connectivity index is 2.80. The van der Waals surface area contributed by atoms with E-state index in [0.717, 1.165) is 4.90 Å². The minimum Gasteiger partial charge on any atom is -0.480 e. The third-order valence-corrected chi connectivity index (χ3v) is 3.03. The summed E-state index contributed by atoms with van der Waals surface area (Å²) in [6.45, 7) is 3.23. The summed E-state index contributed by atoms with van der Waals surface area (Å²) in [5, 5.41) is 11.9. The van der Waals surface area contributed by atoms with E-state index in [0.29, 0.717) is 15.2 Å². The number of carboxylic acids is 1. The Morgan fingerprint density at radius 2 is 2.21 bits per heavy atom. The van der Waals surface area contributed by atoms with Gasteiger partial charge in [-0.2, -0.15) is 0 Å². The van der Waals surface area contributed by atoms with Gasteiger partial charge in [0.25, 0.3) is 0 Å². The number of carbonyl (C=O) groups is 2. The second-order valence-corrected chi connectivity index (χ2v) is 4.91. The van der Waals surface area contributed by atoms with E-state index in [1.807, 2.05) is 0 Å². The van der Waals surface area contributed by atoms with Crippen LogP contribution in [0, 0.1) is 0 Å². The van der Waals surface area contributed by atoms with Gasteiger partial charge in [0.15, 0.2) is 0 Å². The summed E-state index contributed by atoms with van der Waals surface area (Å²) >= 11 is 9.05. The van der Waals surface area contributed by atoms with Gasteiger partial charge in [0.1, 0.15) is 6.54 Å². The largest absolute Gasteiger partial charge is 0.480 e. The van der Waals surface area contributed by atoms with Gasteiger partial charge in [-0.25, -0.2) is 4.79 Å². The Kier molecular flexibility index (Phi) is 5.85. The lowest BCUT2D eigenvalue weighted by Gasteiger charge is -2.20. The standard InChI is InChI=1S/C12H12BrClN2O3/c1-2-5-16(7-11(17)18)12(19)15-10-4-3-8(14)6-9(10)13/h2-4,6H,1,5,7H2,(H,15,19)(H,17,18). The van der Waals surface area contributed by atoms with Crippen LogP contribution in [0.5, 0.6) is 0 Å². The van der Waals surface area contributed by atoms with E-state index in [1.165, 1.54) is 6.08 Å². The molecule has 1 aromatic carbocycles. The highest BCUT2D eigenvalue weighted by atomic mass is 79.9. The molecule has 0 saturated carbocycles. The molecule has 1 rings (SSSR count). The van der Waals surface area contributed by atoms with Gasteiger partial charge in [-0.15, -0.1) is 6.58 Å². The number of nitrogens with zero attached hydrogens (tertiary/aromatic N) is 1. The first kappa shape index (κ1) is 15.5. The van der Waals surface area contributed by atoms with Crippen LogP contribution >= 0.6 is 27.5 Å². The van der Waals surface area contributed by atoms with Crippen molar-refractivity contribution in [2.24, 2.45) is 0 Å². The number of benzene rings is 1. The van der Waals surface area contributed by atoms with Crippen molar-refractivity contribution in [3.8, 4) is 0 Å². The number of amides is 2. The molecule has 0 atom stereocenters. The second kappa shape index (κ2) is 7.16. The number of aliphatic carboxylic acids is 1.